The van der Waals surface area contributed by atoms with E-state index in [1.54, 1.807) is 0 Å². The summed E-state index contributed by atoms with van der Waals surface area (Å²) in [5, 5.41) is 0. The zero-order valence-corrected chi connectivity index (χ0v) is 17.8. The molecule has 2 heterocycles. The van der Waals surface area contributed by atoms with Gasteiger partial charge in [-0.2, -0.15) is 0 Å². The number of benzene rings is 1. The molecule has 0 fully saturated rings. The van der Waals surface area contributed by atoms with Crippen molar-refractivity contribution in [1.29, 1.82) is 0 Å². The lowest BCUT2D eigenvalue weighted by Crippen LogP contribution is -2.49. The van der Waals surface area contributed by atoms with Crippen LogP contribution in [0.2, 0.25) is 0 Å². The van der Waals surface area contributed by atoms with Crippen molar-refractivity contribution in [2.45, 2.75) is 59.2 Å². The minimum Gasteiger partial charge on any atom is -0.469 e. The minimum absolute atomic E-state index is 0. The van der Waals surface area contributed by atoms with Gasteiger partial charge in [-0.15, -0.1) is 0 Å². The second-order valence-electron chi connectivity index (χ2n) is 7.02. The van der Waals surface area contributed by atoms with E-state index < -0.39 is 24.1 Å². The SMILES string of the molecule is C.CCCC(=O)c1c2c(c(C(=O)CCC)c3c1OC(CC(=O)OC)(C(=O)OC)O3)OCO2. The summed E-state index contributed by atoms with van der Waals surface area (Å²) in [4.78, 5) is 50.5. The summed E-state index contributed by atoms with van der Waals surface area (Å²) in [6.07, 6.45) is 0.696. The van der Waals surface area contributed by atoms with Crippen LogP contribution < -0.4 is 18.9 Å². The van der Waals surface area contributed by atoms with Crippen molar-refractivity contribution in [2.75, 3.05) is 21.0 Å². The highest BCUT2D eigenvalue weighted by atomic mass is 16.8. The molecule has 2 aliphatic heterocycles. The number of methoxy groups -OCH3 is 2. The van der Waals surface area contributed by atoms with Crippen LogP contribution in [0.3, 0.4) is 0 Å². The van der Waals surface area contributed by atoms with Crippen LogP contribution in [-0.2, 0) is 19.1 Å². The van der Waals surface area contributed by atoms with Crippen LogP contribution in [0, 0.1) is 0 Å². The van der Waals surface area contributed by atoms with Crippen LogP contribution in [0.25, 0.3) is 0 Å². The molecule has 1 aromatic rings. The smallest absolute Gasteiger partial charge is 0.393 e. The normalized spacial score (nSPS) is 14.4. The predicted molar refractivity (Wildman–Crippen MR) is 110 cm³/mol. The summed E-state index contributed by atoms with van der Waals surface area (Å²) in [5.41, 5.74) is -0.0129. The van der Waals surface area contributed by atoms with E-state index in [1.807, 2.05) is 13.8 Å². The van der Waals surface area contributed by atoms with Crippen molar-refractivity contribution in [1.82, 2.24) is 0 Å². The lowest BCUT2D eigenvalue weighted by Gasteiger charge is -2.23. The Balaban J connectivity index is 0.00000363. The van der Waals surface area contributed by atoms with E-state index in [2.05, 4.69) is 4.74 Å². The van der Waals surface area contributed by atoms with Crippen LogP contribution in [0.4, 0.5) is 0 Å². The number of carbonyl (C=O) groups is 4. The molecule has 32 heavy (non-hydrogen) atoms. The van der Waals surface area contributed by atoms with Crippen molar-refractivity contribution in [2.24, 2.45) is 0 Å². The average Bonchev–Trinajstić information content (AvgIpc) is 3.36. The number of hydrogen-bond acceptors (Lipinski definition) is 10. The summed E-state index contributed by atoms with van der Waals surface area (Å²) >= 11 is 0. The molecule has 0 amide bonds. The Hall–Kier alpha value is -3.30. The van der Waals surface area contributed by atoms with Gasteiger partial charge in [-0.3, -0.25) is 14.4 Å². The Morgan fingerprint density at radius 3 is 1.66 bits per heavy atom. The van der Waals surface area contributed by atoms with Crippen LogP contribution in [-0.4, -0.2) is 50.3 Å². The molecule has 1 aromatic carbocycles. The van der Waals surface area contributed by atoms with E-state index in [4.69, 9.17) is 23.7 Å². The van der Waals surface area contributed by atoms with Crippen LogP contribution in [0.15, 0.2) is 0 Å². The predicted octanol–water partition coefficient (Wildman–Crippen LogP) is 3.22. The number of esters is 2. The van der Waals surface area contributed by atoms with Gasteiger partial charge in [0.25, 0.3) is 0 Å². The van der Waals surface area contributed by atoms with Crippen molar-refractivity contribution in [3.05, 3.63) is 11.1 Å². The Morgan fingerprint density at radius 2 is 1.28 bits per heavy atom. The number of fused-ring (bicyclic) bond motifs is 2. The molecule has 3 rings (SSSR count). The largest absolute Gasteiger partial charge is 0.469 e. The Morgan fingerprint density at radius 1 is 0.812 bits per heavy atom. The number of Topliss-reactive ketones (excluding diaryl/α,β-unsaturated/α-hetero) is 2. The summed E-state index contributed by atoms with van der Waals surface area (Å²) < 4.78 is 32.1. The van der Waals surface area contributed by atoms with Crippen molar-refractivity contribution < 1.29 is 47.6 Å². The van der Waals surface area contributed by atoms with Gasteiger partial charge in [0.05, 0.1) is 14.2 Å². The Kier molecular flexibility index (Phi) is 7.71. The fourth-order valence-electron chi connectivity index (χ4n) is 3.48. The van der Waals surface area contributed by atoms with E-state index in [1.165, 1.54) is 0 Å². The highest BCUT2D eigenvalue weighted by Gasteiger charge is 2.56. The molecule has 0 atom stereocenters. The Bertz CT molecular complexity index is 878. The first-order valence-electron chi connectivity index (χ1n) is 9.92. The summed E-state index contributed by atoms with van der Waals surface area (Å²) in [7, 11) is 2.23. The quantitative estimate of drug-likeness (QED) is 0.407. The van der Waals surface area contributed by atoms with Crippen molar-refractivity contribution in [3.8, 4) is 23.0 Å². The van der Waals surface area contributed by atoms with Gasteiger partial charge in [-0.05, 0) is 12.8 Å². The maximum atomic E-state index is 12.9. The Labute approximate surface area is 186 Å². The molecule has 0 saturated heterocycles. The lowest BCUT2D eigenvalue weighted by molar-refractivity contribution is -0.187. The van der Waals surface area contributed by atoms with E-state index in [9.17, 15) is 19.2 Å². The number of hydrogen-bond donors (Lipinski definition) is 0. The molecule has 0 bridgehead atoms. The van der Waals surface area contributed by atoms with E-state index in [0.717, 1.165) is 14.2 Å². The van der Waals surface area contributed by atoms with Crippen molar-refractivity contribution in [3.63, 3.8) is 0 Å². The summed E-state index contributed by atoms with van der Waals surface area (Å²) in [6, 6.07) is 0. The first kappa shape index (κ1) is 25.0. The van der Waals surface area contributed by atoms with Crippen molar-refractivity contribution >= 4 is 23.5 Å². The highest BCUT2D eigenvalue weighted by Crippen LogP contribution is 2.56. The van der Waals surface area contributed by atoms with Gasteiger partial charge in [0.15, 0.2) is 34.6 Å². The van der Waals surface area contributed by atoms with Crippen LogP contribution in [0.1, 0.15) is 74.1 Å². The molecule has 0 aromatic heterocycles. The maximum Gasteiger partial charge on any atom is 0.393 e. The standard InChI is InChI=1S/C21H24O10.CH4/c1-5-7-11(22)14-16-17(29-10-28-16)15(12(23)8-6-2)19-18(14)30-21(31-19,20(25)27-4)9-13(24)26-3;/h5-10H2,1-4H3;1H4. The average molecular weight is 452 g/mol. The molecule has 10 nitrogen and oxygen atoms in total. The lowest BCUT2D eigenvalue weighted by atomic mass is 9.96. The van der Waals surface area contributed by atoms with Gasteiger partial charge >= 0.3 is 17.7 Å². The fourth-order valence-corrected chi connectivity index (χ4v) is 3.48. The van der Waals surface area contributed by atoms with Crippen LogP contribution >= 0.6 is 0 Å². The molecule has 0 radical (unpaired) electrons. The molecule has 176 valence electrons. The fraction of sp³-hybridized carbons (Fsp3) is 0.545. The van der Waals surface area contributed by atoms with Gasteiger partial charge in [-0.1, -0.05) is 21.3 Å². The molecule has 2 aliphatic rings. The maximum absolute atomic E-state index is 12.9. The molecule has 0 spiro atoms. The highest BCUT2D eigenvalue weighted by molar-refractivity contribution is 6.10. The van der Waals surface area contributed by atoms with E-state index in [0.29, 0.717) is 12.8 Å². The zero-order valence-electron chi connectivity index (χ0n) is 17.8. The topological polar surface area (TPSA) is 124 Å². The van der Waals surface area contributed by atoms with Crippen LogP contribution in [0.5, 0.6) is 23.0 Å². The zero-order chi connectivity index (χ0) is 22.8. The second kappa shape index (κ2) is 9.88. The van der Waals surface area contributed by atoms with Gasteiger partial charge in [-0.25, -0.2) is 4.79 Å². The molecule has 0 saturated carbocycles. The molecular weight excluding hydrogens is 424 g/mol. The van der Waals surface area contributed by atoms with Gasteiger partial charge in [0.2, 0.25) is 6.79 Å². The number of rotatable bonds is 9. The van der Waals surface area contributed by atoms with Gasteiger partial charge in [0.1, 0.15) is 17.5 Å². The second-order valence-corrected chi connectivity index (χ2v) is 7.02. The minimum atomic E-state index is -2.26. The summed E-state index contributed by atoms with van der Waals surface area (Å²) in [5.74, 6) is -5.01. The van der Waals surface area contributed by atoms with Gasteiger partial charge in [0, 0.05) is 12.8 Å². The molecule has 0 N–H and O–H groups in total. The number of carbonyl (C=O) groups excluding carboxylic acids is 4. The number of ether oxygens (including phenoxy) is 6. The van der Waals surface area contributed by atoms with E-state index in [-0.39, 0.29) is 72.8 Å². The molecule has 10 heteroatoms. The number of ketones is 2. The third kappa shape index (κ3) is 4.09. The first-order chi connectivity index (χ1) is 14.8. The monoisotopic (exact) mass is 452 g/mol. The molecular formula is C22H28O10. The third-order valence-electron chi connectivity index (χ3n) is 4.87. The molecule has 0 unspecified atom stereocenters. The van der Waals surface area contributed by atoms with Gasteiger partial charge < -0.3 is 28.4 Å². The molecule has 0 aliphatic carbocycles. The third-order valence-corrected chi connectivity index (χ3v) is 4.87. The first-order valence-corrected chi connectivity index (χ1v) is 9.92. The summed E-state index contributed by atoms with van der Waals surface area (Å²) in [6.45, 7) is 3.45. The van der Waals surface area contributed by atoms with E-state index >= 15 is 0 Å².